The van der Waals surface area contributed by atoms with Crippen LogP contribution in [0.15, 0.2) is 59.7 Å². The van der Waals surface area contributed by atoms with Gasteiger partial charge in [-0.15, -0.1) is 0 Å². The molecule has 1 aromatic carbocycles. The van der Waals surface area contributed by atoms with Crippen LogP contribution in [0.5, 0.6) is 0 Å². The Morgan fingerprint density at radius 1 is 1.00 bits per heavy atom. The first kappa shape index (κ1) is 14.8. The zero-order valence-electron chi connectivity index (χ0n) is 13.7. The number of rotatable bonds is 0. The number of nitrogens with one attached hydrogen (secondary N) is 2. The monoisotopic (exact) mass is 306 g/mol. The Morgan fingerprint density at radius 3 is 2.91 bits per heavy atom. The lowest BCUT2D eigenvalue weighted by molar-refractivity contribution is 0.407. The van der Waals surface area contributed by atoms with Crippen molar-refractivity contribution in [3.05, 3.63) is 65.3 Å². The molecule has 23 heavy (non-hydrogen) atoms. The summed E-state index contributed by atoms with van der Waals surface area (Å²) in [6.45, 7) is 1.11. The van der Waals surface area contributed by atoms with Crippen LogP contribution in [-0.4, -0.2) is 18.6 Å². The van der Waals surface area contributed by atoms with Crippen molar-refractivity contribution >= 4 is 5.69 Å². The van der Waals surface area contributed by atoms with Crippen molar-refractivity contribution in [1.82, 2.24) is 5.32 Å². The van der Waals surface area contributed by atoms with E-state index < -0.39 is 0 Å². The molecule has 2 aliphatic heterocycles. The molecule has 1 aromatic rings. The molecule has 1 saturated carbocycles. The first-order valence-electron chi connectivity index (χ1n) is 9.05. The zero-order chi connectivity index (χ0) is 15.5. The molecule has 5 rings (SSSR count). The van der Waals surface area contributed by atoms with E-state index in [4.69, 9.17) is 0 Å². The Labute approximate surface area is 139 Å². The molecule has 2 atom stereocenters. The van der Waals surface area contributed by atoms with Gasteiger partial charge in [0.1, 0.15) is 0 Å². The Hall–Kier alpha value is -1.80. The van der Waals surface area contributed by atoms with Gasteiger partial charge in [0.15, 0.2) is 0 Å². The second-order valence-corrected chi connectivity index (χ2v) is 6.90. The quantitative estimate of drug-likeness (QED) is 0.744. The average Bonchev–Trinajstić information content (AvgIpc) is 3.09. The van der Waals surface area contributed by atoms with Crippen molar-refractivity contribution in [3.8, 4) is 0 Å². The lowest BCUT2D eigenvalue weighted by Crippen LogP contribution is -2.45. The molecule has 0 aromatic heterocycles. The highest BCUT2D eigenvalue weighted by atomic mass is 15.0. The summed E-state index contributed by atoms with van der Waals surface area (Å²) < 4.78 is 0. The highest BCUT2D eigenvalue weighted by Crippen LogP contribution is 2.31. The van der Waals surface area contributed by atoms with Gasteiger partial charge in [0.05, 0.1) is 0 Å². The third-order valence-electron chi connectivity index (χ3n) is 5.34. The molecule has 120 valence electrons. The fourth-order valence-electron chi connectivity index (χ4n) is 4.06. The van der Waals surface area contributed by atoms with Gasteiger partial charge in [-0.2, -0.15) is 0 Å². The van der Waals surface area contributed by atoms with E-state index in [1.165, 1.54) is 55.3 Å². The molecule has 0 spiro atoms. The Bertz CT molecular complexity index is 631. The summed E-state index contributed by atoms with van der Waals surface area (Å²) in [7, 11) is 0. The van der Waals surface area contributed by atoms with Gasteiger partial charge in [0.2, 0.25) is 0 Å². The van der Waals surface area contributed by atoms with Crippen LogP contribution in [0.2, 0.25) is 0 Å². The molecule has 2 nitrogen and oxygen atoms in total. The number of anilines is 1. The maximum absolute atomic E-state index is 3.77. The number of benzene rings is 1. The summed E-state index contributed by atoms with van der Waals surface area (Å²) >= 11 is 0. The summed E-state index contributed by atoms with van der Waals surface area (Å²) in [4.78, 5) is 0. The van der Waals surface area contributed by atoms with Gasteiger partial charge in [0, 0.05) is 24.3 Å². The molecule has 2 heterocycles. The van der Waals surface area contributed by atoms with Gasteiger partial charge in [-0.25, -0.2) is 0 Å². The van der Waals surface area contributed by atoms with Crippen LogP contribution in [0.4, 0.5) is 5.69 Å². The fourth-order valence-corrected chi connectivity index (χ4v) is 4.06. The van der Waals surface area contributed by atoms with Crippen LogP contribution >= 0.6 is 0 Å². The average molecular weight is 306 g/mol. The minimum atomic E-state index is 0.604. The lowest BCUT2D eigenvalue weighted by atomic mass is 9.82. The minimum absolute atomic E-state index is 0.604. The highest BCUT2D eigenvalue weighted by molar-refractivity contribution is 5.54. The summed E-state index contributed by atoms with van der Waals surface area (Å²) in [6.07, 6.45) is 17.0. The van der Waals surface area contributed by atoms with Crippen molar-refractivity contribution in [2.24, 2.45) is 0 Å². The molecule has 0 saturated heterocycles. The zero-order valence-corrected chi connectivity index (χ0v) is 13.7. The minimum Gasteiger partial charge on any atom is -0.384 e. The standard InChI is InChI=1S/C13H17N.C8H9N/c1-3-7-12-10(5-1)9-11-6-2-4-8-13(11)14-12;1-2-4-8-7(3-1)5-6-9-8/h1,3,5,9,12-14H,2,4,6-8H2;1-4,9H,5-6H2. The van der Waals surface area contributed by atoms with E-state index in [9.17, 15) is 0 Å². The Balaban J connectivity index is 0.000000130. The summed E-state index contributed by atoms with van der Waals surface area (Å²) in [6, 6.07) is 9.75. The van der Waals surface area contributed by atoms with E-state index in [2.05, 4.69) is 59.2 Å². The summed E-state index contributed by atoms with van der Waals surface area (Å²) in [5.74, 6) is 0. The van der Waals surface area contributed by atoms with Crippen LogP contribution in [0.3, 0.4) is 0 Å². The molecule has 2 N–H and O–H groups in total. The third kappa shape index (κ3) is 3.28. The molecular formula is C21H26N2. The SMILES string of the molecule is C1=CCC2NC3CCCCC3=CC2=C1.c1ccc2c(c1)CCN2. The van der Waals surface area contributed by atoms with E-state index in [0.717, 1.165) is 6.54 Å². The van der Waals surface area contributed by atoms with Crippen LogP contribution in [0, 0.1) is 0 Å². The van der Waals surface area contributed by atoms with E-state index in [1.54, 1.807) is 5.57 Å². The highest BCUT2D eigenvalue weighted by Gasteiger charge is 2.27. The molecule has 0 amide bonds. The maximum Gasteiger partial charge on any atom is 0.0373 e. The van der Waals surface area contributed by atoms with Crippen LogP contribution in [-0.2, 0) is 6.42 Å². The van der Waals surface area contributed by atoms with Gasteiger partial charge >= 0.3 is 0 Å². The second kappa shape index (κ2) is 6.76. The topological polar surface area (TPSA) is 24.1 Å². The van der Waals surface area contributed by atoms with Gasteiger partial charge < -0.3 is 10.6 Å². The van der Waals surface area contributed by atoms with Crippen molar-refractivity contribution in [2.45, 2.75) is 50.6 Å². The van der Waals surface area contributed by atoms with E-state index >= 15 is 0 Å². The molecule has 1 fully saturated rings. The van der Waals surface area contributed by atoms with Gasteiger partial charge in [-0.3, -0.25) is 0 Å². The number of para-hydroxylation sites is 1. The summed E-state index contributed by atoms with van der Waals surface area (Å²) in [5.41, 5.74) is 5.92. The lowest BCUT2D eigenvalue weighted by Gasteiger charge is -2.36. The van der Waals surface area contributed by atoms with Crippen LogP contribution in [0.25, 0.3) is 0 Å². The largest absolute Gasteiger partial charge is 0.384 e. The molecular weight excluding hydrogens is 280 g/mol. The number of hydrogen-bond acceptors (Lipinski definition) is 2. The van der Waals surface area contributed by atoms with E-state index in [1.807, 2.05) is 0 Å². The van der Waals surface area contributed by atoms with Gasteiger partial charge in [-0.05, 0) is 49.3 Å². The first-order chi connectivity index (χ1) is 11.4. The van der Waals surface area contributed by atoms with Crippen molar-refractivity contribution in [1.29, 1.82) is 0 Å². The number of fused-ring (bicyclic) bond motifs is 3. The van der Waals surface area contributed by atoms with Crippen molar-refractivity contribution < 1.29 is 0 Å². The van der Waals surface area contributed by atoms with Crippen LogP contribution < -0.4 is 10.6 Å². The number of hydrogen-bond donors (Lipinski definition) is 2. The maximum atomic E-state index is 3.77. The van der Waals surface area contributed by atoms with Gasteiger partial charge in [-0.1, -0.05) is 54.5 Å². The fraction of sp³-hybridized carbons (Fsp3) is 0.429. The summed E-state index contributed by atoms with van der Waals surface area (Å²) in [5, 5.41) is 7.07. The smallest absolute Gasteiger partial charge is 0.0373 e. The van der Waals surface area contributed by atoms with Crippen molar-refractivity contribution in [2.75, 3.05) is 11.9 Å². The predicted octanol–water partition coefficient (Wildman–Crippen LogP) is 4.37. The molecule has 2 aliphatic carbocycles. The normalized spacial score (nSPS) is 27.3. The third-order valence-corrected chi connectivity index (χ3v) is 5.34. The molecule has 0 radical (unpaired) electrons. The van der Waals surface area contributed by atoms with E-state index in [0.29, 0.717) is 12.1 Å². The molecule has 2 heteroatoms. The number of allylic oxidation sites excluding steroid dienone is 2. The first-order valence-corrected chi connectivity index (χ1v) is 9.05. The van der Waals surface area contributed by atoms with Crippen molar-refractivity contribution in [3.63, 3.8) is 0 Å². The molecule has 2 unspecified atom stereocenters. The van der Waals surface area contributed by atoms with E-state index in [-0.39, 0.29) is 0 Å². The Morgan fingerprint density at radius 2 is 1.96 bits per heavy atom. The van der Waals surface area contributed by atoms with Crippen LogP contribution in [0.1, 0.15) is 37.7 Å². The predicted molar refractivity (Wildman–Crippen MR) is 97.7 cm³/mol. The van der Waals surface area contributed by atoms with Gasteiger partial charge in [0.25, 0.3) is 0 Å². The second-order valence-electron chi connectivity index (χ2n) is 6.90. The Kier molecular flexibility index (Phi) is 4.34. The molecule has 4 aliphatic rings. The molecule has 0 bridgehead atoms.